The average molecular weight is 422 g/mol. The molecule has 2 aromatic rings. The van der Waals surface area contributed by atoms with Crippen LogP contribution in [0.2, 0.25) is 11.6 Å². The van der Waals surface area contributed by atoms with Gasteiger partial charge in [-0.1, -0.05) is 0 Å². The van der Waals surface area contributed by atoms with E-state index in [1.165, 1.54) is 0 Å². The van der Waals surface area contributed by atoms with E-state index in [-0.39, 0.29) is 30.3 Å². The van der Waals surface area contributed by atoms with Crippen LogP contribution in [0.1, 0.15) is 11.1 Å². The van der Waals surface area contributed by atoms with Crippen LogP contribution in [0.4, 0.5) is 0 Å². The third-order valence-corrected chi connectivity index (χ3v) is 4.15. The fraction of sp³-hybridized carbons (Fsp3) is 0.125. The van der Waals surface area contributed by atoms with Gasteiger partial charge in [0, 0.05) is 0 Å². The van der Waals surface area contributed by atoms with Gasteiger partial charge in [0.25, 0.3) is 0 Å². The summed E-state index contributed by atoms with van der Waals surface area (Å²) in [6.07, 6.45) is 0. The number of nitrogens with zero attached hydrogens (tertiary/aromatic N) is 4. The van der Waals surface area contributed by atoms with Gasteiger partial charge < -0.3 is 0 Å². The molecule has 0 unspecified atom stereocenters. The maximum atomic E-state index is 4.49. The first-order valence-corrected chi connectivity index (χ1v) is 11.6. The Hall–Kier alpha value is -1.58. The molecule has 0 radical (unpaired) electrons. The first-order valence-electron chi connectivity index (χ1n) is 6.60. The molecule has 0 bridgehead atoms. The Morgan fingerprint density at radius 1 is 0.636 bits per heavy atom. The number of rotatable bonds is 4. The van der Waals surface area contributed by atoms with Gasteiger partial charge in [-0.15, -0.1) is 0 Å². The summed E-state index contributed by atoms with van der Waals surface area (Å²) in [6.45, 7) is 0. The van der Waals surface area contributed by atoms with Crippen molar-refractivity contribution in [1.29, 1.82) is 0 Å². The minimum absolute atomic E-state index is 0.142. The van der Waals surface area contributed by atoms with Gasteiger partial charge in [-0.2, -0.15) is 0 Å². The van der Waals surface area contributed by atoms with Crippen LogP contribution >= 0.6 is 0 Å². The van der Waals surface area contributed by atoms with E-state index in [1.807, 2.05) is 72.3 Å². The van der Waals surface area contributed by atoms with Crippen LogP contribution in [0, 0.1) is 0 Å². The predicted octanol–water partition coefficient (Wildman–Crippen LogP) is 3.67. The van der Waals surface area contributed by atoms with Crippen LogP contribution in [-0.4, -0.2) is 42.0 Å². The summed E-state index contributed by atoms with van der Waals surface area (Å²) in [4.78, 5) is 0. The quantitative estimate of drug-likeness (QED) is 0.313. The van der Waals surface area contributed by atoms with Gasteiger partial charge in [0.15, 0.2) is 0 Å². The van der Waals surface area contributed by atoms with E-state index < -0.39 is 0 Å². The summed E-state index contributed by atoms with van der Waals surface area (Å²) in [5.74, 6) is 5.42. The van der Waals surface area contributed by atoms with Crippen LogP contribution in [0.3, 0.4) is 0 Å². The van der Waals surface area contributed by atoms with Crippen molar-refractivity contribution in [3.05, 3.63) is 71.8 Å². The Balaban J connectivity index is 2.30. The van der Waals surface area contributed by atoms with E-state index in [0.717, 1.165) is 11.1 Å². The normalized spacial score (nSPS) is 12.8. The molecule has 0 saturated heterocycles. The van der Waals surface area contributed by atoms with E-state index in [2.05, 4.69) is 18.2 Å². The standard InChI is InChI=1S/C16H16N4Se2/c1-21-19-15(13-9-5-3-6-10-13)17-18-16(20-22-2)14-11-7-4-8-12-14/h3-12H,1-2H3/b18-17+,19-15-,20-16+. The zero-order valence-electron chi connectivity index (χ0n) is 12.4. The monoisotopic (exact) mass is 424 g/mol. The number of amidine groups is 2. The second kappa shape index (κ2) is 9.44. The Morgan fingerprint density at radius 2 is 1.00 bits per heavy atom. The molecule has 6 heteroatoms. The Morgan fingerprint density at radius 3 is 1.32 bits per heavy atom. The minimum atomic E-state index is 0.142. The number of benzene rings is 2. The number of hydrogen-bond donors (Lipinski definition) is 0. The summed E-state index contributed by atoms with van der Waals surface area (Å²) in [5, 5.41) is 8.70. The second-order valence-electron chi connectivity index (χ2n) is 4.13. The van der Waals surface area contributed by atoms with Crippen LogP contribution in [0.15, 0.2) is 78.9 Å². The van der Waals surface area contributed by atoms with Crippen LogP contribution in [0.25, 0.3) is 0 Å². The molecule has 0 heterocycles. The Bertz CT molecular complexity index is 608. The van der Waals surface area contributed by atoms with Gasteiger partial charge in [0.1, 0.15) is 0 Å². The molecule has 0 N–H and O–H groups in total. The third kappa shape index (κ3) is 5.00. The summed E-state index contributed by atoms with van der Waals surface area (Å²) >= 11 is 0.284. The molecule has 22 heavy (non-hydrogen) atoms. The van der Waals surface area contributed by atoms with Crippen molar-refractivity contribution in [3.63, 3.8) is 0 Å². The molecule has 112 valence electrons. The number of azo groups is 1. The van der Waals surface area contributed by atoms with Crippen LogP contribution < -0.4 is 0 Å². The average Bonchev–Trinajstić information content (AvgIpc) is 2.59. The van der Waals surface area contributed by atoms with Crippen LogP contribution in [0.5, 0.6) is 0 Å². The van der Waals surface area contributed by atoms with E-state index in [0.29, 0.717) is 11.7 Å². The zero-order valence-corrected chi connectivity index (χ0v) is 15.8. The molecule has 2 aromatic carbocycles. The summed E-state index contributed by atoms with van der Waals surface area (Å²) in [6, 6.07) is 19.8. The molecule has 0 atom stereocenters. The summed E-state index contributed by atoms with van der Waals surface area (Å²) < 4.78 is 8.98. The van der Waals surface area contributed by atoms with Crippen molar-refractivity contribution >= 4 is 42.0 Å². The van der Waals surface area contributed by atoms with Gasteiger partial charge in [-0.05, 0) is 0 Å². The van der Waals surface area contributed by atoms with E-state index in [1.54, 1.807) is 0 Å². The zero-order chi connectivity index (χ0) is 15.6. The fourth-order valence-corrected chi connectivity index (χ4v) is 3.02. The Labute approximate surface area is 143 Å². The molecule has 0 aromatic heterocycles. The maximum absolute atomic E-state index is 4.49. The summed E-state index contributed by atoms with van der Waals surface area (Å²) in [7, 11) is 0. The molecular weight excluding hydrogens is 406 g/mol. The van der Waals surface area contributed by atoms with Crippen molar-refractivity contribution in [2.24, 2.45) is 18.2 Å². The SMILES string of the molecule is C[Se]\N=C(/N=N/C(=N/[Se]C)c1ccccc1)c1ccccc1. The third-order valence-electron chi connectivity index (χ3n) is 2.66. The summed E-state index contributed by atoms with van der Waals surface area (Å²) in [5.41, 5.74) is 1.95. The molecule has 0 aliphatic rings. The second-order valence-corrected chi connectivity index (χ2v) is 6.43. The molecular formula is C16H16N4Se2. The molecule has 0 saturated carbocycles. The molecule has 0 amide bonds. The molecule has 0 spiro atoms. The van der Waals surface area contributed by atoms with Gasteiger partial charge in [-0.3, -0.25) is 0 Å². The van der Waals surface area contributed by atoms with E-state index >= 15 is 0 Å². The predicted molar refractivity (Wildman–Crippen MR) is 94.1 cm³/mol. The van der Waals surface area contributed by atoms with Crippen molar-refractivity contribution < 1.29 is 0 Å². The first-order chi connectivity index (χ1) is 10.8. The topological polar surface area (TPSA) is 49.4 Å². The van der Waals surface area contributed by atoms with Crippen molar-refractivity contribution in [2.75, 3.05) is 0 Å². The van der Waals surface area contributed by atoms with Gasteiger partial charge in [0.2, 0.25) is 0 Å². The van der Waals surface area contributed by atoms with Crippen molar-refractivity contribution in [2.45, 2.75) is 11.6 Å². The first kappa shape index (κ1) is 16.8. The molecule has 0 aliphatic carbocycles. The van der Waals surface area contributed by atoms with Gasteiger partial charge in [0.05, 0.1) is 0 Å². The van der Waals surface area contributed by atoms with E-state index in [4.69, 9.17) is 0 Å². The van der Waals surface area contributed by atoms with Crippen molar-refractivity contribution in [3.8, 4) is 0 Å². The van der Waals surface area contributed by atoms with Gasteiger partial charge >= 0.3 is 144 Å². The van der Waals surface area contributed by atoms with Crippen molar-refractivity contribution in [1.82, 2.24) is 0 Å². The molecule has 2 rings (SSSR count). The van der Waals surface area contributed by atoms with Crippen LogP contribution in [-0.2, 0) is 0 Å². The van der Waals surface area contributed by atoms with Gasteiger partial charge in [-0.25, -0.2) is 0 Å². The van der Waals surface area contributed by atoms with E-state index in [9.17, 15) is 0 Å². The molecule has 0 fully saturated rings. The Kier molecular flexibility index (Phi) is 7.20. The number of hydrogen-bond acceptors (Lipinski definition) is 2. The fourth-order valence-electron chi connectivity index (χ4n) is 1.70. The molecule has 0 aliphatic heterocycles. The molecule has 4 nitrogen and oxygen atoms in total.